The Morgan fingerprint density at radius 3 is 1.61 bits per heavy atom. The lowest BCUT2D eigenvalue weighted by atomic mass is 10.2. The Labute approximate surface area is 139 Å². The van der Waals surface area contributed by atoms with E-state index in [1.807, 2.05) is 18.2 Å². The van der Waals surface area contributed by atoms with Crippen LogP contribution in [0.15, 0.2) is 30.3 Å². The van der Waals surface area contributed by atoms with E-state index in [1.54, 1.807) is 0 Å². The first-order valence-corrected chi connectivity index (χ1v) is 8.39. The van der Waals surface area contributed by atoms with Crippen LogP contribution in [0, 0.1) is 0 Å². The Bertz CT molecular complexity index is 345. The monoisotopic (exact) mass is 326 g/mol. The third-order valence-corrected chi connectivity index (χ3v) is 3.08. The van der Waals surface area contributed by atoms with Crippen LogP contribution in [0.4, 0.5) is 0 Å². The molecule has 0 saturated carbocycles. The molecular formula is C18H30O5. The molecule has 1 aromatic carbocycles. The average molecular weight is 326 g/mol. The van der Waals surface area contributed by atoms with Crippen LogP contribution in [0.3, 0.4) is 0 Å². The van der Waals surface area contributed by atoms with Gasteiger partial charge in [0.1, 0.15) is 0 Å². The van der Waals surface area contributed by atoms with Gasteiger partial charge in [0.2, 0.25) is 0 Å². The van der Waals surface area contributed by atoms with E-state index in [4.69, 9.17) is 24.1 Å². The highest BCUT2D eigenvalue weighted by atomic mass is 16.5. The van der Waals surface area contributed by atoms with E-state index in [0.717, 1.165) is 39.1 Å². The van der Waals surface area contributed by atoms with Crippen molar-refractivity contribution in [1.29, 1.82) is 0 Å². The molecule has 0 atom stereocenters. The zero-order chi connectivity index (χ0) is 16.4. The van der Waals surface area contributed by atoms with E-state index in [0.29, 0.717) is 33.0 Å². The van der Waals surface area contributed by atoms with Crippen molar-refractivity contribution in [1.82, 2.24) is 0 Å². The van der Waals surface area contributed by atoms with E-state index < -0.39 is 0 Å². The molecule has 0 aromatic heterocycles. The maximum atomic E-state index is 8.53. The van der Waals surface area contributed by atoms with Crippen LogP contribution in [0.1, 0.15) is 24.8 Å². The third-order valence-electron chi connectivity index (χ3n) is 3.08. The van der Waals surface area contributed by atoms with Crippen LogP contribution in [0.25, 0.3) is 0 Å². The molecule has 0 fully saturated rings. The summed E-state index contributed by atoms with van der Waals surface area (Å²) in [6.45, 7) is 5.36. The molecule has 0 saturated heterocycles. The molecule has 1 aromatic rings. The van der Waals surface area contributed by atoms with Crippen LogP contribution in [0.5, 0.6) is 0 Å². The molecule has 0 aliphatic carbocycles. The Hall–Kier alpha value is -0.980. The SMILES string of the molecule is OCCOCCCOCCCOCCCOCc1ccccc1. The molecule has 0 amide bonds. The van der Waals surface area contributed by atoms with E-state index in [1.165, 1.54) is 5.56 Å². The zero-order valence-electron chi connectivity index (χ0n) is 14.0. The highest BCUT2D eigenvalue weighted by Crippen LogP contribution is 2.00. The highest BCUT2D eigenvalue weighted by Gasteiger charge is 1.94. The molecule has 0 spiro atoms. The molecule has 1 rings (SSSR count). The van der Waals surface area contributed by atoms with Crippen LogP contribution in [-0.2, 0) is 25.6 Å². The zero-order valence-corrected chi connectivity index (χ0v) is 14.0. The molecule has 0 aliphatic rings. The minimum Gasteiger partial charge on any atom is -0.394 e. The van der Waals surface area contributed by atoms with Crippen molar-refractivity contribution in [2.45, 2.75) is 25.9 Å². The fourth-order valence-corrected chi connectivity index (χ4v) is 1.92. The maximum absolute atomic E-state index is 8.53. The van der Waals surface area contributed by atoms with Crippen molar-refractivity contribution >= 4 is 0 Å². The van der Waals surface area contributed by atoms with Crippen LogP contribution < -0.4 is 0 Å². The van der Waals surface area contributed by atoms with Gasteiger partial charge in [-0.05, 0) is 24.8 Å². The molecule has 5 heteroatoms. The lowest BCUT2D eigenvalue weighted by molar-refractivity contribution is 0.0468. The van der Waals surface area contributed by atoms with Crippen LogP contribution >= 0.6 is 0 Å². The number of ether oxygens (including phenoxy) is 4. The first kappa shape index (κ1) is 20.1. The molecule has 0 heterocycles. The summed E-state index contributed by atoms with van der Waals surface area (Å²) in [5, 5.41) is 8.53. The second kappa shape index (κ2) is 15.9. The fourth-order valence-electron chi connectivity index (χ4n) is 1.92. The first-order valence-electron chi connectivity index (χ1n) is 8.39. The predicted molar refractivity (Wildman–Crippen MR) is 89.5 cm³/mol. The van der Waals surface area contributed by atoms with Gasteiger partial charge in [0.25, 0.3) is 0 Å². The Balaban J connectivity index is 1.72. The summed E-state index contributed by atoms with van der Waals surface area (Å²) in [7, 11) is 0. The summed E-state index contributed by atoms with van der Waals surface area (Å²) in [5.74, 6) is 0. The summed E-state index contributed by atoms with van der Waals surface area (Å²) in [4.78, 5) is 0. The highest BCUT2D eigenvalue weighted by molar-refractivity contribution is 5.13. The summed E-state index contributed by atoms with van der Waals surface area (Å²) in [6.07, 6.45) is 2.68. The van der Waals surface area contributed by atoms with Crippen molar-refractivity contribution in [3.8, 4) is 0 Å². The van der Waals surface area contributed by atoms with Gasteiger partial charge in [0.05, 0.1) is 19.8 Å². The Morgan fingerprint density at radius 2 is 1.09 bits per heavy atom. The third kappa shape index (κ3) is 13.2. The summed E-state index contributed by atoms with van der Waals surface area (Å²) < 4.78 is 21.7. The largest absolute Gasteiger partial charge is 0.394 e. The number of benzene rings is 1. The molecule has 0 unspecified atom stereocenters. The van der Waals surface area contributed by atoms with Crippen LogP contribution in [0.2, 0.25) is 0 Å². The topological polar surface area (TPSA) is 57.2 Å². The molecule has 0 aliphatic heterocycles. The quantitative estimate of drug-likeness (QED) is 0.473. The van der Waals surface area contributed by atoms with E-state index in [2.05, 4.69) is 12.1 Å². The molecule has 23 heavy (non-hydrogen) atoms. The van der Waals surface area contributed by atoms with Gasteiger partial charge in [-0.25, -0.2) is 0 Å². The minimum atomic E-state index is 0.0789. The van der Waals surface area contributed by atoms with Crippen molar-refractivity contribution < 1.29 is 24.1 Å². The fraction of sp³-hybridized carbons (Fsp3) is 0.667. The molecule has 5 nitrogen and oxygen atoms in total. The number of hydrogen-bond acceptors (Lipinski definition) is 5. The average Bonchev–Trinajstić information content (AvgIpc) is 2.59. The number of aliphatic hydroxyl groups is 1. The standard InChI is InChI=1S/C18H30O5/c19-9-16-22-14-5-12-20-10-4-11-21-13-6-15-23-17-18-7-2-1-3-8-18/h1-3,7-8,19H,4-6,9-17H2. The van der Waals surface area contributed by atoms with Gasteiger partial charge < -0.3 is 24.1 Å². The second-order valence-electron chi connectivity index (χ2n) is 5.16. The van der Waals surface area contributed by atoms with Crippen molar-refractivity contribution in [2.75, 3.05) is 52.9 Å². The van der Waals surface area contributed by atoms with E-state index >= 15 is 0 Å². The second-order valence-corrected chi connectivity index (χ2v) is 5.16. The van der Waals surface area contributed by atoms with Crippen LogP contribution in [-0.4, -0.2) is 58.0 Å². The number of aliphatic hydroxyl groups excluding tert-OH is 1. The molecule has 132 valence electrons. The summed E-state index contributed by atoms with van der Waals surface area (Å²) >= 11 is 0. The van der Waals surface area contributed by atoms with Gasteiger partial charge in [-0.1, -0.05) is 30.3 Å². The van der Waals surface area contributed by atoms with Gasteiger partial charge in [0, 0.05) is 39.6 Å². The minimum absolute atomic E-state index is 0.0789. The van der Waals surface area contributed by atoms with Gasteiger partial charge in [-0.3, -0.25) is 0 Å². The molecule has 1 N–H and O–H groups in total. The normalized spacial score (nSPS) is 11.0. The van der Waals surface area contributed by atoms with E-state index in [9.17, 15) is 0 Å². The Morgan fingerprint density at radius 1 is 0.609 bits per heavy atom. The lowest BCUT2D eigenvalue weighted by Crippen LogP contribution is -2.07. The number of hydrogen-bond donors (Lipinski definition) is 1. The van der Waals surface area contributed by atoms with Crippen molar-refractivity contribution in [2.24, 2.45) is 0 Å². The lowest BCUT2D eigenvalue weighted by Gasteiger charge is -2.07. The van der Waals surface area contributed by atoms with Crippen molar-refractivity contribution in [3.05, 3.63) is 35.9 Å². The van der Waals surface area contributed by atoms with Crippen molar-refractivity contribution in [3.63, 3.8) is 0 Å². The van der Waals surface area contributed by atoms with Gasteiger partial charge in [-0.15, -0.1) is 0 Å². The smallest absolute Gasteiger partial charge is 0.0716 e. The van der Waals surface area contributed by atoms with Gasteiger partial charge >= 0.3 is 0 Å². The van der Waals surface area contributed by atoms with Gasteiger partial charge in [-0.2, -0.15) is 0 Å². The number of rotatable bonds is 16. The van der Waals surface area contributed by atoms with Gasteiger partial charge in [0.15, 0.2) is 0 Å². The Kier molecular flexibility index (Phi) is 13.9. The molecule has 0 bridgehead atoms. The first-order chi connectivity index (χ1) is 11.4. The molecular weight excluding hydrogens is 296 g/mol. The maximum Gasteiger partial charge on any atom is 0.0716 e. The van der Waals surface area contributed by atoms with E-state index in [-0.39, 0.29) is 6.61 Å². The summed E-state index contributed by atoms with van der Waals surface area (Å²) in [6, 6.07) is 10.2. The predicted octanol–water partition coefficient (Wildman–Crippen LogP) is 2.42. The molecule has 0 radical (unpaired) electrons. The summed E-state index contributed by atoms with van der Waals surface area (Å²) in [5.41, 5.74) is 1.20.